The molecule has 0 aromatic heterocycles. The van der Waals surface area contributed by atoms with Crippen molar-refractivity contribution in [2.24, 2.45) is 0 Å². The molecule has 5 heterocycles. The van der Waals surface area contributed by atoms with Gasteiger partial charge in [0, 0.05) is 41.2 Å². The van der Waals surface area contributed by atoms with E-state index in [0.717, 1.165) is 25.7 Å². The van der Waals surface area contributed by atoms with E-state index in [-0.39, 0.29) is 28.1 Å². The van der Waals surface area contributed by atoms with Crippen LogP contribution in [0.1, 0.15) is 114 Å². The Morgan fingerprint density at radius 3 is 1.17 bits per heavy atom. The van der Waals surface area contributed by atoms with Crippen molar-refractivity contribution in [3.8, 4) is 0 Å². The summed E-state index contributed by atoms with van der Waals surface area (Å²) in [6.45, 7) is 23.5. The number of hydrogen-bond acceptors (Lipinski definition) is 3. The van der Waals surface area contributed by atoms with Gasteiger partial charge in [-0.2, -0.15) is 0 Å². The Bertz CT molecular complexity index is 552. The highest BCUT2D eigenvalue weighted by atomic mass is 16.2. The largest absolute Gasteiger partial charge is 0.337 e. The zero-order valence-corrected chi connectivity index (χ0v) is 21.5. The molecule has 0 saturated carbocycles. The molecule has 0 radical (unpaired) electrons. The van der Waals surface area contributed by atoms with E-state index in [2.05, 4.69) is 70.1 Å². The molecule has 4 nitrogen and oxygen atoms in total. The molecular formula is C26H49N3O. The molecule has 5 saturated heterocycles. The van der Waals surface area contributed by atoms with Gasteiger partial charge in [0.25, 0.3) is 0 Å². The minimum Gasteiger partial charge on any atom is -0.337 e. The van der Waals surface area contributed by atoms with Crippen molar-refractivity contribution in [1.29, 1.82) is 0 Å². The van der Waals surface area contributed by atoms with Gasteiger partial charge < -0.3 is 4.90 Å². The van der Waals surface area contributed by atoms with Crippen LogP contribution in [0, 0.1) is 0 Å². The first-order chi connectivity index (χ1) is 13.7. The zero-order chi connectivity index (χ0) is 22.5. The first-order valence-electron chi connectivity index (χ1n) is 12.5. The Morgan fingerprint density at radius 2 is 0.900 bits per heavy atom. The fourth-order valence-electron chi connectivity index (χ4n) is 7.84. The van der Waals surface area contributed by atoms with Gasteiger partial charge in [-0.15, -0.1) is 0 Å². The molecule has 0 aliphatic carbocycles. The van der Waals surface area contributed by atoms with Gasteiger partial charge in [-0.05, 0) is 107 Å². The maximum Gasteiger partial charge on any atom is 0.219 e. The summed E-state index contributed by atoms with van der Waals surface area (Å²) >= 11 is 0. The summed E-state index contributed by atoms with van der Waals surface area (Å²) < 4.78 is 0. The summed E-state index contributed by atoms with van der Waals surface area (Å²) in [4.78, 5) is 21.0. The van der Waals surface area contributed by atoms with Crippen molar-refractivity contribution in [3.05, 3.63) is 0 Å². The Morgan fingerprint density at radius 1 is 0.600 bits per heavy atom. The van der Waals surface area contributed by atoms with E-state index in [1.54, 1.807) is 0 Å². The third-order valence-electron chi connectivity index (χ3n) is 8.53. The molecule has 30 heavy (non-hydrogen) atoms. The highest BCUT2D eigenvalue weighted by Gasteiger charge is 2.51. The van der Waals surface area contributed by atoms with E-state index in [0.29, 0.717) is 12.1 Å². The summed E-state index contributed by atoms with van der Waals surface area (Å²) in [5.41, 5.74) is 0.468. The second-order valence-electron chi connectivity index (χ2n) is 13.0. The quantitative estimate of drug-likeness (QED) is 0.522. The maximum atomic E-state index is 13.1. The molecule has 1 amide bonds. The minimum atomic E-state index is 0.117. The molecule has 5 aliphatic rings. The molecule has 5 fully saturated rings. The molecule has 4 bridgehead atoms. The number of carbonyl (C=O) groups is 1. The predicted octanol–water partition coefficient (Wildman–Crippen LogP) is 5.45. The highest BCUT2D eigenvalue weighted by molar-refractivity contribution is 5.74. The monoisotopic (exact) mass is 419 g/mol. The highest BCUT2D eigenvalue weighted by Crippen LogP contribution is 2.45. The van der Waals surface area contributed by atoms with Gasteiger partial charge in [0.1, 0.15) is 0 Å². The van der Waals surface area contributed by atoms with E-state index >= 15 is 0 Å². The lowest BCUT2D eigenvalue weighted by molar-refractivity contribution is -0.148. The van der Waals surface area contributed by atoms with Crippen LogP contribution in [-0.2, 0) is 4.79 Å². The van der Waals surface area contributed by atoms with E-state index in [1.165, 1.54) is 38.8 Å². The Balaban J connectivity index is 2.03. The van der Waals surface area contributed by atoms with Crippen molar-refractivity contribution in [1.82, 2.24) is 14.7 Å². The molecule has 0 spiro atoms. The van der Waals surface area contributed by atoms with Gasteiger partial charge >= 0.3 is 0 Å². The van der Waals surface area contributed by atoms with Crippen LogP contribution < -0.4 is 0 Å². The van der Waals surface area contributed by atoms with Gasteiger partial charge in [-0.3, -0.25) is 14.6 Å². The van der Waals surface area contributed by atoms with E-state index in [4.69, 9.17) is 0 Å². The second kappa shape index (κ2) is 8.06. The lowest BCUT2D eigenvalue weighted by atomic mass is 9.73. The lowest BCUT2D eigenvalue weighted by Gasteiger charge is -2.61. The number of carbonyl (C=O) groups excluding carboxylic acids is 1. The first-order valence-corrected chi connectivity index (χ1v) is 12.5. The third-order valence-corrected chi connectivity index (χ3v) is 8.53. The fraction of sp³-hybridized carbons (Fsp3) is 0.962. The Kier molecular flexibility index (Phi) is 6.46. The van der Waals surface area contributed by atoms with Crippen LogP contribution in [0.25, 0.3) is 0 Å². The van der Waals surface area contributed by atoms with Crippen molar-refractivity contribution < 1.29 is 4.79 Å². The van der Waals surface area contributed by atoms with Crippen LogP contribution in [-0.4, -0.2) is 67.9 Å². The van der Waals surface area contributed by atoms with E-state index in [1.807, 2.05) is 6.92 Å². The molecule has 0 N–H and O–H groups in total. The third kappa shape index (κ3) is 4.60. The average Bonchev–Trinajstić information content (AvgIpc) is 2.52. The van der Waals surface area contributed by atoms with Crippen LogP contribution in [0.5, 0.6) is 0 Å². The first kappa shape index (κ1) is 24.0. The Hall–Kier alpha value is -0.610. The summed E-state index contributed by atoms with van der Waals surface area (Å²) in [5.74, 6) is 0.273. The van der Waals surface area contributed by atoms with Gasteiger partial charge in [0.05, 0.1) is 0 Å². The average molecular weight is 420 g/mol. The summed E-state index contributed by atoms with van der Waals surface area (Å²) in [6, 6.07) is 0.661. The maximum absolute atomic E-state index is 13.1. The molecule has 5 rings (SSSR count). The lowest BCUT2D eigenvalue weighted by Crippen LogP contribution is -2.69. The van der Waals surface area contributed by atoms with Crippen LogP contribution in [0.3, 0.4) is 0 Å². The number of rotatable bonds is 0. The summed E-state index contributed by atoms with van der Waals surface area (Å²) in [5, 5.41) is 0. The number of hydrogen-bond donors (Lipinski definition) is 0. The molecule has 174 valence electrons. The van der Waals surface area contributed by atoms with Gasteiger partial charge in [0.15, 0.2) is 0 Å². The standard InChI is InChI=1S/C26H49N3O/c1-20(30)29-21-16-23(2,3)27(24(4,5)17-21)14-12-10-11-13-15-28-25(6,7)18-22(29)19-26(28,8)9/h21-22H,10-19H2,1-9H3. The van der Waals surface area contributed by atoms with Crippen LogP contribution in [0.2, 0.25) is 0 Å². The molecule has 4 heteroatoms. The van der Waals surface area contributed by atoms with E-state index in [9.17, 15) is 4.79 Å². The molecule has 0 aromatic carbocycles. The second-order valence-corrected chi connectivity index (χ2v) is 13.0. The summed E-state index contributed by atoms with van der Waals surface area (Å²) in [6.07, 6.45) is 9.53. The summed E-state index contributed by atoms with van der Waals surface area (Å²) in [7, 11) is 0. The molecule has 5 aliphatic heterocycles. The number of fused-ring (bicyclic) bond motifs is 2. The smallest absolute Gasteiger partial charge is 0.219 e. The number of nitrogens with zero attached hydrogens (tertiary/aromatic N) is 3. The van der Waals surface area contributed by atoms with Gasteiger partial charge in [-0.1, -0.05) is 12.8 Å². The van der Waals surface area contributed by atoms with Crippen molar-refractivity contribution in [2.75, 3.05) is 13.1 Å². The van der Waals surface area contributed by atoms with Crippen molar-refractivity contribution >= 4 is 5.91 Å². The van der Waals surface area contributed by atoms with Crippen molar-refractivity contribution in [2.45, 2.75) is 148 Å². The molecule has 0 atom stereocenters. The van der Waals surface area contributed by atoms with Gasteiger partial charge in [0.2, 0.25) is 5.91 Å². The topological polar surface area (TPSA) is 26.8 Å². The van der Waals surface area contributed by atoms with Crippen LogP contribution in [0.4, 0.5) is 0 Å². The van der Waals surface area contributed by atoms with Gasteiger partial charge in [-0.25, -0.2) is 0 Å². The molecule has 0 unspecified atom stereocenters. The molecular weight excluding hydrogens is 370 g/mol. The van der Waals surface area contributed by atoms with Crippen LogP contribution >= 0.6 is 0 Å². The molecule has 0 aromatic rings. The number of piperidine rings is 2. The van der Waals surface area contributed by atoms with Crippen LogP contribution in [0.15, 0.2) is 0 Å². The normalized spacial score (nSPS) is 38.0. The Labute approximate surface area is 186 Å². The minimum absolute atomic E-state index is 0.117. The zero-order valence-electron chi connectivity index (χ0n) is 21.5. The SMILES string of the molecule is CC(=O)N1C2CC(C)(C)N(CCCCCCN3C(C)(C)CC1CC3(C)C)C(C)(C)C2. The number of amides is 1. The van der Waals surface area contributed by atoms with E-state index < -0.39 is 0 Å². The van der Waals surface area contributed by atoms with Crippen molar-refractivity contribution in [3.63, 3.8) is 0 Å². The predicted molar refractivity (Wildman–Crippen MR) is 127 cm³/mol. The fourth-order valence-corrected chi connectivity index (χ4v) is 7.84.